The SMILES string of the molecule is CC(C)[C@@H]1CC[C@@H](C)C[C@H]1OC(=O)CCc1ccccc1. The Bertz CT molecular complexity index is 438. The summed E-state index contributed by atoms with van der Waals surface area (Å²) in [5.41, 5.74) is 1.20. The van der Waals surface area contributed by atoms with E-state index in [1.54, 1.807) is 0 Å². The molecule has 0 spiro atoms. The quantitative estimate of drug-likeness (QED) is 0.739. The van der Waals surface area contributed by atoms with Crippen molar-refractivity contribution in [2.45, 2.75) is 59.0 Å². The van der Waals surface area contributed by atoms with Crippen LogP contribution in [-0.4, -0.2) is 12.1 Å². The molecule has 2 nitrogen and oxygen atoms in total. The van der Waals surface area contributed by atoms with Crippen LogP contribution in [0.3, 0.4) is 0 Å². The maximum absolute atomic E-state index is 12.1. The van der Waals surface area contributed by atoms with Gasteiger partial charge in [-0.2, -0.15) is 0 Å². The Morgan fingerprint density at radius 1 is 1.24 bits per heavy atom. The Labute approximate surface area is 128 Å². The van der Waals surface area contributed by atoms with Crippen LogP contribution >= 0.6 is 0 Å². The molecule has 1 aromatic rings. The molecular weight excluding hydrogens is 260 g/mol. The summed E-state index contributed by atoms with van der Waals surface area (Å²) in [6, 6.07) is 10.1. The Morgan fingerprint density at radius 2 is 1.95 bits per heavy atom. The van der Waals surface area contributed by atoms with Crippen LogP contribution in [0.15, 0.2) is 30.3 Å². The maximum atomic E-state index is 12.1. The second-order valence-electron chi connectivity index (χ2n) is 6.84. The van der Waals surface area contributed by atoms with E-state index in [-0.39, 0.29) is 12.1 Å². The standard InChI is InChI=1S/C19H28O2/c1-14(2)17-11-9-15(3)13-18(17)21-19(20)12-10-16-7-5-4-6-8-16/h4-8,14-15,17-18H,9-13H2,1-3H3/t15-,17+,18-/m1/s1. The van der Waals surface area contributed by atoms with Crippen molar-refractivity contribution in [1.82, 2.24) is 0 Å². The van der Waals surface area contributed by atoms with E-state index in [2.05, 4.69) is 32.9 Å². The van der Waals surface area contributed by atoms with E-state index in [4.69, 9.17) is 4.74 Å². The van der Waals surface area contributed by atoms with Gasteiger partial charge in [-0.25, -0.2) is 0 Å². The molecule has 0 aliphatic heterocycles. The van der Waals surface area contributed by atoms with Gasteiger partial charge in [0.05, 0.1) is 0 Å². The number of carbonyl (C=O) groups is 1. The highest BCUT2D eigenvalue weighted by molar-refractivity contribution is 5.70. The highest BCUT2D eigenvalue weighted by Gasteiger charge is 2.33. The van der Waals surface area contributed by atoms with Crippen LogP contribution in [0.5, 0.6) is 0 Å². The Morgan fingerprint density at radius 3 is 2.62 bits per heavy atom. The van der Waals surface area contributed by atoms with Crippen molar-refractivity contribution in [1.29, 1.82) is 0 Å². The van der Waals surface area contributed by atoms with Crippen LogP contribution in [0, 0.1) is 17.8 Å². The molecule has 3 atom stereocenters. The van der Waals surface area contributed by atoms with Crippen LogP contribution in [0.1, 0.15) is 52.0 Å². The zero-order valence-corrected chi connectivity index (χ0v) is 13.5. The van der Waals surface area contributed by atoms with Gasteiger partial charge < -0.3 is 4.74 Å². The second-order valence-corrected chi connectivity index (χ2v) is 6.84. The highest BCUT2D eigenvalue weighted by atomic mass is 16.5. The first kappa shape index (κ1) is 16.1. The van der Waals surface area contributed by atoms with E-state index in [0.29, 0.717) is 24.2 Å². The molecule has 116 valence electrons. The van der Waals surface area contributed by atoms with Crippen molar-refractivity contribution in [2.75, 3.05) is 0 Å². The third-order valence-corrected chi connectivity index (χ3v) is 4.70. The molecule has 0 bridgehead atoms. The van der Waals surface area contributed by atoms with Gasteiger partial charge >= 0.3 is 5.97 Å². The van der Waals surface area contributed by atoms with Gasteiger partial charge in [-0.05, 0) is 42.6 Å². The minimum Gasteiger partial charge on any atom is -0.462 e. The molecule has 2 heteroatoms. The molecule has 1 aliphatic carbocycles. The second kappa shape index (κ2) is 7.63. The van der Waals surface area contributed by atoms with Crippen molar-refractivity contribution >= 4 is 5.97 Å². The molecule has 0 aromatic heterocycles. The normalized spacial score (nSPS) is 25.8. The third-order valence-electron chi connectivity index (χ3n) is 4.70. The van der Waals surface area contributed by atoms with Crippen LogP contribution < -0.4 is 0 Å². The van der Waals surface area contributed by atoms with E-state index in [9.17, 15) is 4.79 Å². The van der Waals surface area contributed by atoms with Crippen LogP contribution in [0.4, 0.5) is 0 Å². The van der Waals surface area contributed by atoms with E-state index in [1.165, 1.54) is 18.4 Å². The zero-order chi connectivity index (χ0) is 15.2. The summed E-state index contributed by atoms with van der Waals surface area (Å²) >= 11 is 0. The van der Waals surface area contributed by atoms with Gasteiger partial charge in [0.1, 0.15) is 6.10 Å². The molecule has 1 fully saturated rings. The lowest BCUT2D eigenvalue weighted by Gasteiger charge is -2.36. The third kappa shape index (κ3) is 4.87. The lowest BCUT2D eigenvalue weighted by molar-refractivity contribution is -0.155. The molecule has 2 rings (SSSR count). The van der Waals surface area contributed by atoms with E-state index >= 15 is 0 Å². The van der Waals surface area contributed by atoms with Crippen molar-refractivity contribution in [3.8, 4) is 0 Å². The van der Waals surface area contributed by atoms with Crippen molar-refractivity contribution < 1.29 is 9.53 Å². The number of esters is 1. The summed E-state index contributed by atoms with van der Waals surface area (Å²) in [5, 5.41) is 0. The summed E-state index contributed by atoms with van der Waals surface area (Å²) in [7, 11) is 0. The fourth-order valence-electron chi connectivity index (χ4n) is 3.37. The number of carbonyl (C=O) groups excluding carboxylic acids is 1. The average molecular weight is 288 g/mol. The lowest BCUT2D eigenvalue weighted by atomic mass is 9.75. The predicted molar refractivity (Wildman–Crippen MR) is 86.0 cm³/mol. The topological polar surface area (TPSA) is 26.3 Å². The molecular formula is C19H28O2. The number of hydrogen-bond acceptors (Lipinski definition) is 2. The van der Waals surface area contributed by atoms with Crippen LogP contribution in [0.25, 0.3) is 0 Å². The summed E-state index contributed by atoms with van der Waals surface area (Å²) in [4.78, 5) is 12.1. The van der Waals surface area contributed by atoms with Gasteiger partial charge in [0.15, 0.2) is 0 Å². The summed E-state index contributed by atoms with van der Waals surface area (Å²) < 4.78 is 5.82. The molecule has 0 radical (unpaired) electrons. The minimum atomic E-state index is -0.0383. The molecule has 0 heterocycles. The fourth-order valence-corrected chi connectivity index (χ4v) is 3.37. The van der Waals surface area contributed by atoms with Crippen molar-refractivity contribution in [3.63, 3.8) is 0 Å². The molecule has 1 saturated carbocycles. The van der Waals surface area contributed by atoms with Crippen molar-refractivity contribution in [3.05, 3.63) is 35.9 Å². The van der Waals surface area contributed by atoms with Gasteiger partial charge in [0, 0.05) is 6.42 Å². The Kier molecular flexibility index (Phi) is 5.84. The minimum absolute atomic E-state index is 0.0383. The van der Waals surface area contributed by atoms with Crippen molar-refractivity contribution in [2.24, 2.45) is 17.8 Å². The number of rotatable bonds is 5. The molecule has 0 saturated heterocycles. The molecule has 1 aromatic carbocycles. The predicted octanol–water partition coefficient (Wildman–Crippen LogP) is 4.62. The molecule has 0 unspecified atom stereocenters. The summed E-state index contributed by atoms with van der Waals surface area (Å²) in [6.45, 7) is 6.75. The number of hydrogen-bond donors (Lipinski definition) is 0. The Balaban J connectivity index is 1.85. The largest absolute Gasteiger partial charge is 0.462 e. The average Bonchev–Trinajstić information content (AvgIpc) is 2.46. The van der Waals surface area contributed by atoms with E-state index < -0.39 is 0 Å². The first-order valence-electron chi connectivity index (χ1n) is 8.29. The summed E-state index contributed by atoms with van der Waals surface area (Å²) in [5.74, 6) is 1.75. The van der Waals surface area contributed by atoms with E-state index in [1.807, 2.05) is 18.2 Å². The first-order valence-corrected chi connectivity index (χ1v) is 8.29. The van der Waals surface area contributed by atoms with E-state index in [0.717, 1.165) is 12.8 Å². The van der Waals surface area contributed by atoms with Gasteiger partial charge in [0.2, 0.25) is 0 Å². The lowest BCUT2D eigenvalue weighted by Crippen LogP contribution is -2.35. The number of ether oxygens (including phenoxy) is 1. The van der Waals surface area contributed by atoms with Gasteiger partial charge in [-0.15, -0.1) is 0 Å². The Hall–Kier alpha value is -1.31. The monoisotopic (exact) mass is 288 g/mol. The fraction of sp³-hybridized carbons (Fsp3) is 0.632. The number of aryl methyl sites for hydroxylation is 1. The van der Waals surface area contributed by atoms with Gasteiger partial charge in [-0.1, -0.05) is 57.5 Å². The van der Waals surface area contributed by atoms with Crippen LogP contribution in [-0.2, 0) is 16.0 Å². The maximum Gasteiger partial charge on any atom is 0.306 e. The molecule has 1 aliphatic rings. The molecule has 0 amide bonds. The molecule has 0 N–H and O–H groups in total. The smallest absolute Gasteiger partial charge is 0.306 e. The van der Waals surface area contributed by atoms with Gasteiger partial charge in [-0.3, -0.25) is 4.79 Å². The molecule has 21 heavy (non-hydrogen) atoms. The zero-order valence-electron chi connectivity index (χ0n) is 13.5. The number of benzene rings is 1. The highest BCUT2D eigenvalue weighted by Crippen LogP contribution is 2.35. The summed E-state index contributed by atoms with van der Waals surface area (Å²) in [6.07, 6.45) is 4.86. The van der Waals surface area contributed by atoms with Crippen LogP contribution in [0.2, 0.25) is 0 Å². The first-order chi connectivity index (χ1) is 10.1. The van der Waals surface area contributed by atoms with Gasteiger partial charge in [0.25, 0.3) is 0 Å².